The Morgan fingerprint density at radius 3 is 2.17 bits per heavy atom. The van der Waals surface area contributed by atoms with Gasteiger partial charge in [-0.05, 0) is 24.5 Å². The Bertz CT molecular complexity index is 381. The van der Waals surface area contributed by atoms with Crippen molar-refractivity contribution in [2.45, 2.75) is 39.8 Å². The molecule has 0 radical (unpaired) electrons. The van der Waals surface area contributed by atoms with E-state index in [0.717, 1.165) is 12.1 Å². The average Bonchev–Trinajstić information content (AvgIpc) is 2.24. The predicted octanol–water partition coefficient (Wildman–Crippen LogP) is 3.02. The molecule has 0 aliphatic carbocycles. The Labute approximate surface area is 107 Å². The highest BCUT2D eigenvalue weighted by Gasteiger charge is 2.22. The maximum atomic E-state index is 13.4. The molecule has 2 unspecified atom stereocenters. The number of halogens is 2. The van der Waals surface area contributed by atoms with Gasteiger partial charge in [0, 0.05) is 12.6 Å². The molecule has 1 aromatic carbocycles. The first kappa shape index (κ1) is 15.1. The molecule has 102 valence electrons. The van der Waals surface area contributed by atoms with Gasteiger partial charge in [-0.25, -0.2) is 8.78 Å². The van der Waals surface area contributed by atoms with Gasteiger partial charge in [-0.1, -0.05) is 26.8 Å². The Kier molecular flexibility index (Phi) is 4.82. The van der Waals surface area contributed by atoms with Crippen LogP contribution >= 0.6 is 0 Å². The summed E-state index contributed by atoms with van der Waals surface area (Å²) in [6.07, 6.45) is -1.18. The van der Waals surface area contributed by atoms with Crippen LogP contribution in [0, 0.1) is 17.0 Å². The van der Waals surface area contributed by atoms with Crippen LogP contribution in [-0.2, 0) is 0 Å². The fraction of sp³-hybridized carbons (Fsp3) is 0.571. The number of rotatable bonds is 4. The number of hydrogen-bond acceptors (Lipinski definition) is 2. The summed E-state index contributed by atoms with van der Waals surface area (Å²) in [5, 5.41) is 12.9. The molecule has 0 aromatic heterocycles. The quantitative estimate of drug-likeness (QED) is 0.869. The molecule has 2 N–H and O–H groups in total. The molecule has 18 heavy (non-hydrogen) atoms. The van der Waals surface area contributed by atoms with Crippen LogP contribution < -0.4 is 5.32 Å². The molecule has 0 saturated heterocycles. The van der Waals surface area contributed by atoms with Crippen LogP contribution in [0.4, 0.5) is 8.78 Å². The van der Waals surface area contributed by atoms with Crippen LogP contribution in [0.1, 0.15) is 39.4 Å². The summed E-state index contributed by atoms with van der Waals surface area (Å²) in [5.41, 5.74) is -0.251. The largest absolute Gasteiger partial charge is 0.387 e. The van der Waals surface area contributed by atoms with Gasteiger partial charge in [-0.2, -0.15) is 0 Å². The highest BCUT2D eigenvalue weighted by Crippen LogP contribution is 2.22. The van der Waals surface area contributed by atoms with E-state index >= 15 is 0 Å². The summed E-state index contributed by atoms with van der Waals surface area (Å²) in [6.45, 7) is 8.27. The zero-order chi connectivity index (χ0) is 13.9. The molecule has 0 aliphatic rings. The van der Waals surface area contributed by atoms with Gasteiger partial charge in [0.2, 0.25) is 0 Å². The molecule has 0 heterocycles. The third-order valence-electron chi connectivity index (χ3n) is 3.25. The second kappa shape index (κ2) is 5.76. The fourth-order valence-corrected chi connectivity index (χ4v) is 1.53. The Hall–Kier alpha value is -1.00. The highest BCUT2D eigenvalue weighted by atomic mass is 19.1. The van der Waals surface area contributed by atoms with E-state index in [9.17, 15) is 13.9 Å². The predicted molar refractivity (Wildman–Crippen MR) is 68.2 cm³/mol. The lowest BCUT2D eigenvalue weighted by atomic mass is 9.88. The molecular weight excluding hydrogens is 236 g/mol. The van der Waals surface area contributed by atoms with Crippen molar-refractivity contribution in [1.82, 2.24) is 5.32 Å². The van der Waals surface area contributed by atoms with E-state index in [4.69, 9.17) is 0 Å². The van der Waals surface area contributed by atoms with Gasteiger partial charge < -0.3 is 10.4 Å². The van der Waals surface area contributed by atoms with E-state index in [1.165, 1.54) is 6.07 Å². The molecule has 1 rings (SSSR count). The minimum Gasteiger partial charge on any atom is -0.387 e. The molecule has 0 spiro atoms. The zero-order valence-corrected chi connectivity index (χ0v) is 11.3. The van der Waals surface area contributed by atoms with Crippen molar-refractivity contribution in [3.8, 4) is 0 Å². The van der Waals surface area contributed by atoms with E-state index in [1.807, 2.05) is 6.92 Å². The normalized spacial score (nSPS) is 15.5. The minimum atomic E-state index is -1.18. The number of nitrogens with one attached hydrogen (secondary N) is 1. The lowest BCUT2D eigenvalue weighted by molar-refractivity contribution is 0.150. The fourth-order valence-electron chi connectivity index (χ4n) is 1.53. The summed E-state index contributed by atoms with van der Waals surface area (Å²) in [4.78, 5) is 0. The van der Waals surface area contributed by atoms with Crippen molar-refractivity contribution >= 4 is 0 Å². The van der Waals surface area contributed by atoms with Crippen molar-refractivity contribution in [3.63, 3.8) is 0 Å². The lowest BCUT2D eigenvalue weighted by Crippen LogP contribution is -2.40. The summed E-state index contributed by atoms with van der Waals surface area (Å²) >= 11 is 0. The maximum Gasteiger partial charge on any atom is 0.131 e. The molecule has 0 bridgehead atoms. The summed E-state index contributed by atoms with van der Waals surface area (Å²) < 4.78 is 26.9. The number of benzene rings is 1. The van der Waals surface area contributed by atoms with Crippen molar-refractivity contribution in [1.29, 1.82) is 0 Å². The summed E-state index contributed by atoms with van der Waals surface area (Å²) in [5.74, 6) is -1.43. The SMILES string of the molecule is CC(NCC(O)c1c(F)cccc1F)C(C)(C)C. The van der Waals surface area contributed by atoms with Gasteiger partial charge in [0.1, 0.15) is 11.6 Å². The van der Waals surface area contributed by atoms with E-state index in [-0.39, 0.29) is 23.6 Å². The van der Waals surface area contributed by atoms with Crippen molar-refractivity contribution in [3.05, 3.63) is 35.4 Å². The smallest absolute Gasteiger partial charge is 0.131 e. The Morgan fingerprint density at radius 1 is 1.22 bits per heavy atom. The maximum absolute atomic E-state index is 13.4. The molecular formula is C14H21F2NO. The Morgan fingerprint density at radius 2 is 1.72 bits per heavy atom. The van der Waals surface area contributed by atoms with Crippen LogP contribution in [0.2, 0.25) is 0 Å². The van der Waals surface area contributed by atoms with E-state index in [1.54, 1.807) is 0 Å². The summed E-state index contributed by atoms with van der Waals surface area (Å²) in [7, 11) is 0. The van der Waals surface area contributed by atoms with E-state index < -0.39 is 17.7 Å². The van der Waals surface area contributed by atoms with Crippen LogP contribution in [0.3, 0.4) is 0 Å². The van der Waals surface area contributed by atoms with E-state index in [0.29, 0.717) is 0 Å². The molecule has 1 aromatic rings. The van der Waals surface area contributed by atoms with Gasteiger partial charge >= 0.3 is 0 Å². The van der Waals surface area contributed by atoms with Crippen LogP contribution in [-0.4, -0.2) is 17.7 Å². The van der Waals surface area contributed by atoms with Crippen molar-refractivity contribution in [2.75, 3.05) is 6.54 Å². The first-order valence-corrected chi connectivity index (χ1v) is 6.09. The molecule has 0 fully saturated rings. The third-order valence-corrected chi connectivity index (χ3v) is 3.25. The monoisotopic (exact) mass is 257 g/mol. The Balaban J connectivity index is 2.69. The molecule has 2 nitrogen and oxygen atoms in total. The summed E-state index contributed by atoms with van der Waals surface area (Å²) in [6, 6.07) is 3.71. The number of hydrogen-bond donors (Lipinski definition) is 2. The van der Waals surface area contributed by atoms with Gasteiger partial charge in [-0.3, -0.25) is 0 Å². The standard InChI is InChI=1S/C14H21F2NO/c1-9(14(2,3)4)17-8-12(18)13-10(15)6-5-7-11(13)16/h5-7,9,12,17-18H,8H2,1-4H3. The molecule has 0 saturated carbocycles. The van der Waals surface area contributed by atoms with Gasteiger partial charge in [0.15, 0.2) is 0 Å². The van der Waals surface area contributed by atoms with E-state index in [2.05, 4.69) is 26.1 Å². The second-order valence-corrected chi connectivity index (χ2v) is 5.65. The minimum absolute atomic E-state index is 0.0213. The van der Waals surface area contributed by atoms with Crippen LogP contribution in [0.15, 0.2) is 18.2 Å². The second-order valence-electron chi connectivity index (χ2n) is 5.65. The van der Waals surface area contributed by atoms with Gasteiger partial charge in [-0.15, -0.1) is 0 Å². The van der Waals surface area contributed by atoms with Crippen molar-refractivity contribution < 1.29 is 13.9 Å². The lowest BCUT2D eigenvalue weighted by Gasteiger charge is -2.29. The topological polar surface area (TPSA) is 32.3 Å². The highest BCUT2D eigenvalue weighted by molar-refractivity contribution is 5.22. The number of aliphatic hydroxyl groups excluding tert-OH is 1. The zero-order valence-electron chi connectivity index (χ0n) is 11.3. The first-order chi connectivity index (χ1) is 8.23. The first-order valence-electron chi connectivity index (χ1n) is 6.09. The average molecular weight is 257 g/mol. The van der Waals surface area contributed by atoms with Gasteiger partial charge in [0.25, 0.3) is 0 Å². The molecule has 0 amide bonds. The third kappa shape index (κ3) is 3.75. The van der Waals surface area contributed by atoms with Crippen LogP contribution in [0.25, 0.3) is 0 Å². The number of aliphatic hydroxyl groups is 1. The molecule has 0 aliphatic heterocycles. The molecule has 2 atom stereocenters. The van der Waals surface area contributed by atoms with Gasteiger partial charge in [0.05, 0.1) is 11.7 Å². The molecule has 4 heteroatoms. The van der Waals surface area contributed by atoms with Crippen molar-refractivity contribution in [2.24, 2.45) is 5.41 Å². The van der Waals surface area contributed by atoms with Crippen LogP contribution in [0.5, 0.6) is 0 Å².